The smallest absolute Gasteiger partial charge is 0.0541 e. The molecule has 0 unspecified atom stereocenters. The van der Waals surface area contributed by atoms with E-state index in [0.717, 1.165) is 29.7 Å². The second-order valence-electron chi connectivity index (χ2n) is 14.8. The lowest BCUT2D eigenvalue weighted by Gasteiger charge is -2.31. The van der Waals surface area contributed by atoms with Gasteiger partial charge in [-0.3, -0.25) is 4.98 Å². The Labute approximate surface area is 310 Å². The predicted molar refractivity (Wildman–Crippen MR) is 222 cm³/mol. The Morgan fingerprint density at radius 1 is 0.547 bits per heavy atom. The SMILES string of the molecule is CC1(C)c2ccccc2-c2ccc(N(C3=CC=C(c4ccc5c(c4)c4ccccc4n5-c4ccccc4)CC3)c3cccc(-c4cccnc4)c3)cc21. The van der Waals surface area contributed by atoms with Gasteiger partial charge in [-0.2, -0.15) is 0 Å². The minimum absolute atomic E-state index is 0.0819. The standard InChI is InChI=1S/C50H39N3/c1-50(2)46-19-8-6-17-42(46)43-27-26-41(32-47(43)50)52(40-16-10-12-35(30-40)37-13-11-29-51-33-37)39-24-21-34(22-25-39)36-23-28-49-45(31-36)44-18-7-9-20-48(44)53(49)38-14-4-3-5-15-38/h3-21,23-24,26-33H,22,25H2,1-2H3. The molecule has 0 amide bonds. The third kappa shape index (κ3) is 5.15. The Hall–Kier alpha value is -6.45. The fraction of sp³-hybridized carbons (Fsp3) is 0.100. The molecule has 0 saturated heterocycles. The van der Waals surface area contributed by atoms with Crippen molar-refractivity contribution < 1.29 is 0 Å². The molecule has 0 N–H and O–H groups in total. The molecule has 254 valence electrons. The van der Waals surface area contributed by atoms with Gasteiger partial charge in [-0.15, -0.1) is 0 Å². The third-order valence-corrected chi connectivity index (χ3v) is 11.4. The molecule has 8 aromatic rings. The van der Waals surface area contributed by atoms with Crippen molar-refractivity contribution in [2.45, 2.75) is 32.1 Å². The normalized spacial score (nSPS) is 14.5. The number of hydrogen-bond acceptors (Lipinski definition) is 2. The number of para-hydroxylation sites is 2. The molecule has 0 atom stereocenters. The van der Waals surface area contributed by atoms with Crippen molar-refractivity contribution in [3.8, 4) is 27.9 Å². The second-order valence-corrected chi connectivity index (χ2v) is 14.8. The van der Waals surface area contributed by atoms with Crippen molar-refractivity contribution in [2.75, 3.05) is 4.90 Å². The third-order valence-electron chi connectivity index (χ3n) is 11.4. The van der Waals surface area contributed by atoms with Crippen LogP contribution >= 0.6 is 0 Å². The number of hydrogen-bond donors (Lipinski definition) is 0. The molecule has 0 aliphatic heterocycles. The lowest BCUT2D eigenvalue weighted by molar-refractivity contribution is 0.660. The van der Waals surface area contributed by atoms with E-state index in [0.29, 0.717) is 0 Å². The Balaban J connectivity index is 1.08. The molecule has 0 saturated carbocycles. The maximum Gasteiger partial charge on any atom is 0.0541 e. The van der Waals surface area contributed by atoms with E-state index in [4.69, 9.17) is 0 Å². The molecule has 10 rings (SSSR count). The summed E-state index contributed by atoms with van der Waals surface area (Å²) >= 11 is 0. The Morgan fingerprint density at radius 2 is 1.32 bits per heavy atom. The molecule has 3 nitrogen and oxygen atoms in total. The Bertz CT molecular complexity index is 2750. The highest BCUT2D eigenvalue weighted by Gasteiger charge is 2.36. The van der Waals surface area contributed by atoms with Crippen LogP contribution in [0.25, 0.3) is 55.3 Å². The Morgan fingerprint density at radius 3 is 2.17 bits per heavy atom. The van der Waals surface area contributed by atoms with Crippen molar-refractivity contribution in [3.63, 3.8) is 0 Å². The highest BCUT2D eigenvalue weighted by atomic mass is 15.1. The first kappa shape index (κ1) is 31.3. The van der Waals surface area contributed by atoms with Crippen LogP contribution in [-0.2, 0) is 5.41 Å². The van der Waals surface area contributed by atoms with Gasteiger partial charge in [-0.05, 0) is 119 Å². The van der Waals surface area contributed by atoms with Gasteiger partial charge < -0.3 is 9.47 Å². The van der Waals surface area contributed by atoms with E-state index < -0.39 is 0 Å². The van der Waals surface area contributed by atoms with Gasteiger partial charge in [0.15, 0.2) is 0 Å². The molecular weight excluding hydrogens is 643 g/mol. The summed E-state index contributed by atoms with van der Waals surface area (Å²) in [7, 11) is 0. The number of rotatable bonds is 6. The first-order valence-corrected chi connectivity index (χ1v) is 18.6. The fourth-order valence-corrected chi connectivity index (χ4v) is 8.75. The monoisotopic (exact) mass is 681 g/mol. The molecule has 2 aliphatic rings. The Kier molecular flexibility index (Phi) is 7.29. The lowest BCUT2D eigenvalue weighted by atomic mass is 9.82. The summed E-state index contributed by atoms with van der Waals surface area (Å²) in [6.07, 6.45) is 10.4. The number of benzene rings is 6. The maximum atomic E-state index is 4.41. The molecule has 6 aromatic carbocycles. The van der Waals surface area contributed by atoms with Crippen LogP contribution in [-0.4, -0.2) is 9.55 Å². The van der Waals surface area contributed by atoms with E-state index in [1.54, 1.807) is 0 Å². The zero-order valence-electron chi connectivity index (χ0n) is 30.0. The van der Waals surface area contributed by atoms with E-state index in [9.17, 15) is 0 Å². The summed E-state index contributed by atoms with van der Waals surface area (Å²) in [5, 5.41) is 2.57. The predicted octanol–water partition coefficient (Wildman–Crippen LogP) is 13.1. The average molecular weight is 682 g/mol. The largest absolute Gasteiger partial charge is 0.314 e. The van der Waals surface area contributed by atoms with Crippen molar-refractivity contribution in [2.24, 2.45) is 0 Å². The average Bonchev–Trinajstić information content (AvgIpc) is 3.67. The van der Waals surface area contributed by atoms with Gasteiger partial charge in [-0.25, -0.2) is 0 Å². The lowest BCUT2D eigenvalue weighted by Crippen LogP contribution is -2.20. The van der Waals surface area contributed by atoms with Crippen molar-refractivity contribution in [3.05, 3.63) is 199 Å². The summed E-state index contributed by atoms with van der Waals surface area (Å²) in [5.41, 5.74) is 17.6. The van der Waals surface area contributed by atoms with Gasteiger partial charge in [0.25, 0.3) is 0 Å². The summed E-state index contributed by atoms with van der Waals surface area (Å²) in [6.45, 7) is 4.72. The molecule has 3 heteroatoms. The van der Waals surface area contributed by atoms with Crippen LogP contribution in [0.15, 0.2) is 182 Å². The molecule has 0 bridgehead atoms. The first-order valence-electron chi connectivity index (χ1n) is 18.6. The molecular formula is C50H39N3. The number of nitrogens with zero attached hydrogens (tertiary/aromatic N) is 3. The van der Waals surface area contributed by atoms with Gasteiger partial charge in [0, 0.05) is 56.9 Å². The number of anilines is 2. The molecule has 53 heavy (non-hydrogen) atoms. The zero-order chi connectivity index (χ0) is 35.5. The number of allylic oxidation sites excluding steroid dienone is 4. The summed E-state index contributed by atoms with van der Waals surface area (Å²) < 4.78 is 2.38. The van der Waals surface area contributed by atoms with Gasteiger partial charge in [0.1, 0.15) is 0 Å². The summed E-state index contributed by atoms with van der Waals surface area (Å²) in [5.74, 6) is 0. The van der Waals surface area contributed by atoms with E-state index in [2.05, 4.69) is 186 Å². The molecule has 0 radical (unpaired) electrons. The van der Waals surface area contributed by atoms with Crippen LogP contribution in [0.3, 0.4) is 0 Å². The van der Waals surface area contributed by atoms with Crippen LogP contribution in [0.1, 0.15) is 43.4 Å². The summed E-state index contributed by atoms with van der Waals surface area (Å²) in [4.78, 5) is 6.89. The highest BCUT2D eigenvalue weighted by Crippen LogP contribution is 2.50. The number of pyridine rings is 1. The van der Waals surface area contributed by atoms with Gasteiger partial charge in [0.05, 0.1) is 11.0 Å². The van der Waals surface area contributed by atoms with Crippen LogP contribution in [0.5, 0.6) is 0 Å². The van der Waals surface area contributed by atoms with Crippen LogP contribution < -0.4 is 4.90 Å². The van der Waals surface area contributed by atoms with Gasteiger partial charge >= 0.3 is 0 Å². The van der Waals surface area contributed by atoms with Crippen LogP contribution in [0, 0.1) is 0 Å². The topological polar surface area (TPSA) is 21.1 Å². The van der Waals surface area contributed by atoms with E-state index in [1.165, 1.54) is 72.3 Å². The highest BCUT2D eigenvalue weighted by molar-refractivity contribution is 6.10. The second kappa shape index (κ2) is 12.4. The van der Waals surface area contributed by atoms with E-state index in [1.807, 2.05) is 18.5 Å². The van der Waals surface area contributed by atoms with Gasteiger partial charge in [0.2, 0.25) is 0 Å². The fourth-order valence-electron chi connectivity index (χ4n) is 8.75. The number of aromatic nitrogens is 2. The minimum atomic E-state index is -0.0819. The quantitative estimate of drug-likeness (QED) is 0.174. The minimum Gasteiger partial charge on any atom is -0.314 e. The molecule has 2 heterocycles. The molecule has 0 fully saturated rings. The van der Waals surface area contributed by atoms with Gasteiger partial charge in [-0.1, -0.05) is 111 Å². The first-order chi connectivity index (χ1) is 26.0. The zero-order valence-corrected chi connectivity index (χ0v) is 30.0. The number of fused-ring (bicyclic) bond motifs is 6. The van der Waals surface area contributed by atoms with Crippen LogP contribution in [0.4, 0.5) is 11.4 Å². The van der Waals surface area contributed by atoms with Crippen molar-refractivity contribution in [1.82, 2.24) is 9.55 Å². The molecule has 0 spiro atoms. The van der Waals surface area contributed by atoms with Crippen molar-refractivity contribution in [1.29, 1.82) is 0 Å². The van der Waals surface area contributed by atoms with Crippen LogP contribution in [0.2, 0.25) is 0 Å². The maximum absolute atomic E-state index is 4.41. The van der Waals surface area contributed by atoms with Crippen molar-refractivity contribution >= 4 is 38.8 Å². The van der Waals surface area contributed by atoms with E-state index in [-0.39, 0.29) is 5.41 Å². The summed E-state index contributed by atoms with van der Waals surface area (Å²) in [6, 6.07) is 55.5. The molecule has 2 aliphatic carbocycles. The molecule has 2 aromatic heterocycles. The van der Waals surface area contributed by atoms with E-state index >= 15 is 0 Å².